The van der Waals surface area contributed by atoms with Crippen molar-refractivity contribution in [2.24, 2.45) is 0 Å². The van der Waals surface area contributed by atoms with Crippen LogP contribution in [0.4, 0.5) is 5.69 Å². The molecule has 6 nitrogen and oxygen atoms in total. The van der Waals surface area contributed by atoms with E-state index in [4.69, 9.17) is 34.8 Å². The predicted octanol–water partition coefficient (Wildman–Crippen LogP) is 5.35. The van der Waals surface area contributed by atoms with Crippen molar-refractivity contribution < 1.29 is 13.2 Å². The summed E-state index contributed by atoms with van der Waals surface area (Å²) in [6.07, 6.45) is 1.03. The highest BCUT2D eigenvalue weighted by Gasteiger charge is 2.31. The van der Waals surface area contributed by atoms with E-state index in [0.29, 0.717) is 26.2 Å². The highest BCUT2D eigenvalue weighted by Crippen LogP contribution is 2.36. The van der Waals surface area contributed by atoms with Crippen molar-refractivity contribution in [3.8, 4) is 0 Å². The highest BCUT2D eigenvalue weighted by molar-refractivity contribution is 7.92. The lowest BCUT2D eigenvalue weighted by molar-refractivity contribution is -0.131. The van der Waals surface area contributed by atoms with Gasteiger partial charge in [-0.25, -0.2) is 8.42 Å². The second-order valence-corrected chi connectivity index (χ2v) is 11.8. The first kappa shape index (κ1) is 26.8. The molecule has 0 spiro atoms. The molecule has 1 aliphatic heterocycles. The Labute approximate surface area is 227 Å². The molecule has 10 heteroatoms. The van der Waals surface area contributed by atoms with Crippen molar-refractivity contribution in [3.63, 3.8) is 0 Å². The third-order valence-electron chi connectivity index (χ3n) is 6.20. The molecule has 1 aliphatic rings. The molecular formula is C26H26Cl3N3O3S. The number of halogens is 3. The van der Waals surface area contributed by atoms with Gasteiger partial charge in [-0.2, -0.15) is 0 Å². The van der Waals surface area contributed by atoms with Gasteiger partial charge in [-0.05, 0) is 23.3 Å². The van der Waals surface area contributed by atoms with E-state index in [1.54, 1.807) is 4.90 Å². The summed E-state index contributed by atoms with van der Waals surface area (Å²) in [4.78, 5) is 17.2. The average molecular weight is 567 g/mol. The predicted molar refractivity (Wildman–Crippen MR) is 147 cm³/mol. The Bertz CT molecular complexity index is 1280. The summed E-state index contributed by atoms with van der Waals surface area (Å²) in [6.45, 7) is 1.86. The Kier molecular flexibility index (Phi) is 8.48. The minimum atomic E-state index is -3.81. The van der Waals surface area contributed by atoms with Gasteiger partial charge in [0.25, 0.3) is 0 Å². The van der Waals surface area contributed by atoms with E-state index in [2.05, 4.69) is 29.2 Å². The number of anilines is 1. The van der Waals surface area contributed by atoms with Crippen molar-refractivity contribution in [2.75, 3.05) is 43.3 Å². The van der Waals surface area contributed by atoms with Crippen LogP contribution in [0.3, 0.4) is 0 Å². The topological polar surface area (TPSA) is 60.9 Å². The molecule has 3 aromatic carbocycles. The van der Waals surface area contributed by atoms with Crippen molar-refractivity contribution in [2.45, 2.75) is 6.04 Å². The SMILES string of the molecule is CS(=O)(=O)N(CC(=O)N1CCN(C(c2ccccc2)c2ccccc2)CC1)c1cc(Cl)c(Cl)cc1Cl. The molecule has 0 saturated carbocycles. The lowest BCUT2D eigenvalue weighted by atomic mass is 9.96. The molecule has 1 amide bonds. The Morgan fingerprint density at radius 2 is 1.33 bits per heavy atom. The summed E-state index contributed by atoms with van der Waals surface area (Å²) in [6, 6.07) is 23.3. The zero-order valence-electron chi connectivity index (χ0n) is 19.6. The Balaban J connectivity index is 1.50. The molecule has 1 saturated heterocycles. The van der Waals surface area contributed by atoms with E-state index in [1.165, 1.54) is 23.3 Å². The maximum absolute atomic E-state index is 13.2. The quantitative estimate of drug-likeness (QED) is 0.362. The molecule has 0 atom stereocenters. The lowest BCUT2D eigenvalue weighted by Crippen LogP contribution is -2.52. The summed E-state index contributed by atoms with van der Waals surface area (Å²) in [7, 11) is -3.81. The van der Waals surface area contributed by atoms with Crippen LogP contribution in [0.1, 0.15) is 17.2 Å². The van der Waals surface area contributed by atoms with Crippen LogP contribution in [0.15, 0.2) is 72.8 Å². The maximum Gasteiger partial charge on any atom is 0.243 e. The summed E-state index contributed by atoms with van der Waals surface area (Å²) < 4.78 is 26.1. The van der Waals surface area contributed by atoms with E-state index in [0.717, 1.165) is 10.6 Å². The number of hydrogen-bond acceptors (Lipinski definition) is 4. The number of nitrogens with zero attached hydrogens (tertiary/aromatic N) is 3. The Morgan fingerprint density at radius 3 is 1.83 bits per heavy atom. The number of sulfonamides is 1. The number of piperazine rings is 1. The van der Waals surface area contributed by atoms with Gasteiger partial charge in [0.1, 0.15) is 6.54 Å². The van der Waals surface area contributed by atoms with Gasteiger partial charge < -0.3 is 4.90 Å². The fourth-order valence-corrected chi connectivity index (χ4v) is 5.97. The second-order valence-electron chi connectivity index (χ2n) is 8.63. The Hall–Kier alpha value is -2.29. The maximum atomic E-state index is 13.2. The van der Waals surface area contributed by atoms with Gasteiger partial charge >= 0.3 is 0 Å². The molecule has 0 bridgehead atoms. The molecule has 0 radical (unpaired) electrons. The Morgan fingerprint density at radius 1 is 0.833 bits per heavy atom. The summed E-state index contributed by atoms with van der Waals surface area (Å²) in [5.41, 5.74) is 2.48. The fraction of sp³-hybridized carbons (Fsp3) is 0.269. The normalized spacial score (nSPS) is 14.8. The van der Waals surface area contributed by atoms with E-state index in [9.17, 15) is 13.2 Å². The number of rotatable bonds is 7. The fourth-order valence-electron chi connectivity index (χ4n) is 4.42. The van der Waals surface area contributed by atoms with Gasteiger partial charge in [0.05, 0.1) is 33.1 Å². The van der Waals surface area contributed by atoms with Crippen LogP contribution in [0, 0.1) is 0 Å². The van der Waals surface area contributed by atoms with Crippen LogP contribution in [0.5, 0.6) is 0 Å². The minimum absolute atomic E-state index is 0.0622. The lowest BCUT2D eigenvalue weighted by Gasteiger charge is -2.40. The number of benzene rings is 3. The van der Waals surface area contributed by atoms with Gasteiger partial charge in [-0.1, -0.05) is 95.5 Å². The molecule has 0 aromatic heterocycles. The van der Waals surface area contributed by atoms with E-state index in [-0.39, 0.29) is 39.2 Å². The molecule has 1 fully saturated rings. The number of amides is 1. The molecule has 0 N–H and O–H groups in total. The number of carbonyl (C=O) groups is 1. The van der Waals surface area contributed by atoms with Crippen molar-refractivity contribution in [3.05, 3.63) is 99.0 Å². The molecule has 1 heterocycles. The van der Waals surface area contributed by atoms with Crippen LogP contribution in [-0.2, 0) is 14.8 Å². The number of hydrogen-bond donors (Lipinski definition) is 0. The summed E-state index contributed by atoms with van der Waals surface area (Å²) >= 11 is 18.4. The zero-order chi connectivity index (χ0) is 25.9. The molecule has 190 valence electrons. The molecule has 0 aliphatic carbocycles. The highest BCUT2D eigenvalue weighted by atomic mass is 35.5. The standard InChI is InChI=1S/C26H26Cl3N3O3S/c1-36(34,35)32(24-17-22(28)21(27)16-23(24)29)18-25(33)30-12-14-31(15-13-30)26(19-8-4-2-5-9-19)20-10-6-3-7-11-20/h2-11,16-17,26H,12-15,18H2,1H3. The largest absolute Gasteiger partial charge is 0.339 e. The van der Waals surface area contributed by atoms with Crippen molar-refractivity contribution in [1.82, 2.24) is 9.80 Å². The first-order valence-corrected chi connectivity index (χ1v) is 14.4. The van der Waals surface area contributed by atoms with Crippen LogP contribution < -0.4 is 4.31 Å². The smallest absolute Gasteiger partial charge is 0.243 e. The van der Waals surface area contributed by atoms with Gasteiger partial charge in [0.2, 0.25) is 15.9 Å². The van der Waals surface area contributed by atoms with Crippen molar-refractivity contribution in [1.29, 1.82) is 0 Å². The molecule has 4 rings (SSSR count). The van der Waals surface area contributed by atoms with Crippen LogP contribution >= 0.6 is 34.8 Å². The van der Waals surface area contributed by atoms with Gasteiger partial charge in [-0.15, -0.1) is 0 Å². The summed E-state index contributed by atoms with van der Waals surface area (Å²) in [5, 5.41) is 0.451. The van der Waals surface area contributed by atoms with E-state index >= 15 is 0 Å². The molecular weight excluding hydrogens is 541 g/mol. The van der Waals surface area contributed by atoms with Crippen LogP contribution in [0.25, 0.3) is 0 Å². The molecule has 0 unspecified atom stereocenters. The first-order chi connectivity index (χ1) is 17.1. The summed E-state index contributed by atoms with van der Waals surface area (Å²) in [5.74, 6) is -0.307. The third kappa shape index (κ3) is 6.15. The monoisotopic (exact) mass is 565 g/mol. The van der Waals surface area contributed by atoms with Gasteiger partial charge in [0.15, 0.2) is 0 Å². The zero-order valence-corrected chi connectivity index (χ0v) is 22.7. The van der Waals surface area contributed by atoms with Gasteiger partial charge in [-0.3, -0.25) is 14.0 Å². The molecule has 3 aromatic rings. The first-order valence-electron chi connectivity index (χ1n) is 11.4. The molecule has 36 heavy (non-hydrogen) atoms. The average Bonchev–Trinajstić information content (AvgIpc) is 2.86. The minimum Gasteiger partial charge on any atom is -0.339 e. The number of carbonyl (C=O) groups excluding carboxylic acids is 1. The second kappa shape index (κ2) is 11.4. The van der Waals surface area contributed by atoms with Gasteiger partial charge in [0, 0.05) is 26.2 Å². The van der Waals surface area contributed by atoms with Crippen LogP contribution in [-0.4, -0.2) is 63.1 Å². The van der Waals surface area contributed by atoms with Crippen LogP contribution in [0.2, 0.25) is 15.1 Å². The van der Waals surface area contributed by atoms with Crippen molar-refractivity contribution >= 4 is 56.4 Å². The third-order valence-corrected chi connectivity index (χ3v) is 8.35. The van der Waals surface area contributed by atoms with E-state index in [1.807, 2.05) is 36.4 Å². The van der Waals surface area contributed by atoms with E-state index < -0.39 is 10.0 Å².